The molecule has 3 rings (SSSR count). The molecule has 2 atom stereocenters. The van der Waals surface area contributed by atoms with E-state index < -0.39 is 10.0 Å². The summed E-state index contributed by atoms with van der Waals surface area (Å²) in [6, 6.07) is 7.21. The molecule has 1 aromatic carbocycles. The van der Waals surface area contributed by atoms with Crippen molar-refractivity contribution >= 4 is 15.7 Å². The lowest BCUT2D eigenvalue weighted by Gasteiger charge is -2.17. The second-order valence-electron chi connectivity index (χ2n) is 5.72. The van der Waals surface area contributed by atoms with Crippen LogP contribution in [0.25, 0.3) is 0 Å². The SMILES string of the molecule is Nc1ccccc1CS(=O)(=O)N1CC2CCCC2C1. The van der Waals surface area contributed by atoms with E-state index in [1.807, 2.05) is 12.1 Å². The summed E-state index contributed by atoms with van der Waals surface area (Å²) < 4.78 is 26.6. The molecule has 0 spiro atoms. The number of hydrogen-bond acceptors (Lipinski definition) is 3. The number of rotatable bonds is 3. The van der Waals surface area contributed by atoms with E-state index in [1.54, 1.807) is 16.4 Å². The molecule has 4 nitrogen and oxygen atoms in total. The molecule has 1 heterocycles. The van der Waals surface area contributed by atoms with Gasteiger partial charge in [-0.05, 0) is 36.3 Å². The number of nitrogens with zero attached hydrogens (tertiary/aromatic N) is 1. The maximum Gasteiger partial charge on any atom is 0.218 e. The quantitative estimate of drug-likeness (QED) is 0.859. The number of benzene rings is 1. The number of hydrogen-bond donors (Lipinski definition) is 1. The summed E-state index contributed by atoms with van der Waals surface area (Å²) in [5.41, 5.74) is 7.10. The van der Waals surface area contributed by atoms with Gasteiger partial charge in [0.05, 0.1) is 5.75 Å². The van der Waals surface area contributed by atoms with Crippen LogP contribution in [0.1, 0.15) is 24.8 Å². The standard InChI is InChI=1S/C14H20N2O2S/c15-14-7-2-1-4-13(14)10-19(17,18)16-8-11-5-3-6-12(11)9-16/h1-2,4,7,11-12H,3,5-6,8-10,15H2. The van der Waals surface area contributed by atoms with E-state index in [9.17, 15) is 8.42 Å². The minimum atomic E-state index is -3.22. The fraction of sp³-hybridized carbons (Fsp3) is 0.571. The Kier molecular flexibility index (Phi) is 3.27. The van der Waals surface area contributed by atoms with Crippen LogP contribution >= 0.6 is 0 Å². The number of nitrogen functional groups attached to an aromatic ring is 1. The summed E-state index contributed by atoms with van der Waals surface area (Å²) in [6.45, 7) is 1.42. The molecule has 0 radical (unpaired) electrons. The van der Waals surface area contributed by atoms with Gasteiger partial charge in [-0.25, -0.2) is 12.7 Å². The van der Waals surface area contributed by atoms with Gasteiger partial charge in [0, 0.05) is 18.8 Å². The van der Waals surface area contributed by atoms with E-state index in [-0.39, 0.29) is 5.75 Å². The van der Waals surface area contributed by atoms with Crippen molar-refractivity contribution in [3.05, 3.63) is 29.8 Å². The molecule has 5 heteroatoms. The minimum Gasteiger partial charge on any atom is -0.398 e. The van der Waals surface area contributed by atoms with Crippen molar-refractivity contribution in [3.63, 3.8) is 0 Å². The summed E-state index contributed by atoms with van der Waals surface area (Å²) >= 11 is 0. The number of sulfonamides is 1. The zero-order valence-electron chi connectivity index (χ0n) is 11.0. The van der Waals surface area contributed by atoms with Crippen LogP contribution in [0, 0.1) is 11.8 Å². The van der Waals surface area contributed by atoms with Gasteiger partial charge in [-0.1, -0.05) is 24.6 Å². The summed E-state index contributed by atoms with van der Waals surface area (Å²) in [6.07, 6.45) is 3.63. The van der Waals surface area contributed by atoms with E-state index in [0.717, 1.165) is 0 Å². The normalized spacial score (nSPS) is 27.6. The van der Waals surface area contributed by atoms with Gasteiger partial charge in [-0.3, -0.25) is 0 Å². The monoisotopic (exact) mass is 280 g/mol. The molecule has 1 saturated heterocycles. The number of fused-ring (bicyclic) bond motifs is 1. The Bertz CT molecular complexity index is 559. The molecule has 2 aliphatic rings. The van der Waals surface area contributed by atoms with Crippen molar-refractivity contribution in [2.24, 2.45) is 11.8 Å². The highest BCUT2D eigenvalue weighted by molar-refractivity contribution is 7.88. The number of anilines is 1. The topological polar surface area (TPSA) is 63.4 Å². The maximum atomic E-state index is 12.5. The molecule has 1 aliphatic carbocycles. The molecule has 2 fully saturated rings. The van der Waals surface area contributed by atoms with Crippen molar-refractivity contribution in [3.8, 4) is 0 Å². The summed E-state index contributed by atoms with van der Waals surface area (Å²) in [5, 5.41) is 0. The molecule has 1 aromatic rings. The van der Waals surface area contributed by atoms with E-state index in [0.29, 0.717) is 36.2 Å². The van der Waals surface area contributed by atoms with Gasteiger partial charge in [-0.2, -0.15) is 0 Å². The fourth-order valence-corrected chi connectivity index (χ4v) is 5.05. The van der Waals surface area contributed by atoms with Crippen LogP contribution in [0.5, 0.6) is 0 Å². The minimum absolute atomic E-state index is 0.0269. The molecule has 104 valence electrons. The average Bonchev–Trinajstić information content (AvgIpc) is 2.92. The first kappa shape index (κ1) is 12.9. The third kappa shape index (κ3) is 2.49. The molecule has 0 bridgehead atoms. The van der Waals surface area contributed by atoms with Crippen LogP contribution in [0.2, 0.25) is 0 Å². The highest BCUT2D eigenvalue weighted by Crippen LogP contribution is 2.39. The van der Waals surface area contributed by atoms with Crippen molar-refractivity contribution in [1.82, 2.24) is 4.31 Å². The smallest absolute Gasteiger partial charge is 0.218 e. The van der Waals surface area contributed by atoms with Crippen LogP contribution in [0.4, 0.5) is 5.69 Å². The third-order valence-corrected chi connectivity index (χ3v) is 6.24. The van der Waals surface area contributed by atoms with Crippen LogP contribution in [0.15, 0.2) is 24.3 Å². The zero-order chi connectivity index (χ0) is 13.5. The predicted molar refractivity (Wildman–Crippen MR) is 75.9 cm³/mol. The van der Waals surface area contributed by atoms with E-state index in [4.69, 9.17) is 5.73 Å². The van der Waals surface area contributed by atoms with Gasteiger partial charge in [0.2, 0.25) is 10.0 Å². The second-order valence-corrected chi connectivity index (χ2v) is 7.69. The van der Waals surface area contributed by atoms with Crippen molar-refractivity contribution in [2.75, 3.05) is 18.8 Å². The van der Waals surface area contributed by atoms with Crippen molar-refractivity contribution < 1.29 is 8.42 Å². The Hall–Kier alpha value is -1.07. The largest absolute Gasteiger partial charge is 0.398 e. The molecule has 0 aromatic heterocycles. The summed E-state index contributed by atoms with van der Waals surface area (Å²) in [5.74, 6) is 1.20. The highest BCUT2D eigenvalue weighted by Gasteiger charge is 2.40. The van der Waals surface area contributed by atoms with Gasteiger partial charge in [0.25, 0.3) is 0 Å². The first-order valence-electron chi connectivity index (χ1n) is 6.87. The van der Waals surface area contributed by atoms with E-state index >= 15 is 0 Å². The van der Waals surface area contributed by atoms with Gasteiger partial charge in [-0.15, -0.1) is 0 Å². The predicted octanol–water partition coefficient (Wildman–Crippen LogP) is 1.83. The molecule has 2 N–H and O–H groups in total. The second kappa shape index (κ2) is 4.80. The lowest BCUT2D eigenvalue weighted by Crippen LogP contribution is -2.31. The van der Waals surface area contributed by atoms with Crippen LogP contribution in [-0.2, 0) is 15.8 Å². The van der Waals surface area contributed by atoms with Gasteiger partial charge in [0.1, 0.15) is 0 Å². The van der Waals surface area contributed by atoms with Gasteiger partial charge in [0.15, 0.2) is 0 Å². The molecule has 2 unspecified atom stereocenters. The molecule has 19 heavy (non-hydrogen) atoms. The maximum absolute atomic E-state index is 12.5. The Morgan fingerprint density at radius 1 is 1.16 bits per heavy atom. The first-order valence-corrected chi connectivity index (χ1v) is 8.48. The van der Waals surface area contributed by atoms with Crippen LogP contribution < -0.4 is 5.73 Å². The lowest BCUT2D eigenvalue weighted by molar-refractivity contribution is 0.445. The summed E-state index contributed by atoms with van der Waals surface area (Å²) in [7, 11) is -3.22. The van der Waals surface area contributed by atoms with Crippen LogP contribution in [-0.4, -0.2) is 25.8 Å². The van der Waals surface area contributed by atoms with Crippen LogP contribution in [0.3, 0.4) is 0 Å². The van der Waals surface area contributed by atoms with Gasteiger partial charge >= 0.3 is 0 Å². The molecule has 1 saturated carbocycles. The zero-order valence-corrected chi connectivity index (χ0v) is 11.8. The van der Waals surface area contributed by atoms with E-state index in [2.05, 4.69) is 0 Å². The Morgan fingerprint density at radius 3 is 2.42 bits per heavy atom. The molecule has 1 aliphatic heterocycles. The van der Waals surface area contributed by atoms with E-state index in [1.165, 1.54) is 19.3 Å². The van der Waals surface area contributed by atoms with Crippen molar-refractivity contribution in [1.29, 1.82) is 0 Å². The lowest BCUT2D eigenvalue weighted by atomic mass is 10.0. The Balaban J connectivity index is 1.75. The molecular formula is C14H20N2O2S. The fourth-order valence-electron chi connectivity index (χ4n) is 3.37. The molecule has 0 amide bonds. The Morgan fingerprint density at radius 2 is 1.79 bits per heavy atom. The average molecular weight is 280 g/mol. The Labute approximate surface area is 114 Å². The number of nitrogens with two attached hydrogens (primary N) is 1. The third-order valence-electron chi connectivity index (χ3n) is 4.48. The van der Waals surface area contributed by atoms with Crippen molar-refractivity contribution in [2.45, 2.75) is 25.0 Å². The highest BCUT2D eigenvalue weighted by atomic mass is 32.2. The molecular weight excluding hydrogens is 260 g/mol. The first-order chi connectivity index (χ1) is 9.06. The summed E-state index contributed by atoms with van der Waals surface area (Å²) in [4.78, 5) is 0. The number of para-hydroxylation sites is 1. The van der Waals surface area contributed by atoms with Gasteiger partial charge < -0.3 is 5.73 Å².